The lowest BCUT2D eigenvalue weighted by molar-refractivity contribution is -0.116. The SMILES string of the molecule is NC(=O)c1ccc(NC(=O)CCCNC(=O)NC2CCCCC2)cc1. The first-order valence-corrected chi connectivity index (χ1v) is 8.78. The molecule has 4 amide bonds. The third kappa shape index (κ3) is 6.82. The smallest absolute Gasteiger partial charge is 0.315 e. The molecule has 0 heterocycles. The zero-order valence-corrected chi connectivity index (χ0v) is 14.3. The summed E-state index contributed by atoms with van der Waals surface area (Å²) in [7, 11) is 0. The van der Waals surface area contributed by atoms with Gasteiger partial charge < -0.3 is 21.7 Å². The van der Waals surface area contributed by atoms with Gasteiger partial charge in [-0.1, -0.05) is 19.3 Å². The van der Waals surface area contributed by atoms with E-state index in [4.69, 9.17) is 5.73 Å². The Balaban J connectivity index is 1.60. The predicted octanol–water partition coefficient (Wildman–Crippen LogP) is 2.14. The monoisotopic (exact) mass is 346 g/mol. The van der Waals surface area contributed by atoms with Crippen LogP contribution in [0.15, 0.2) is 24.3 Å². The fraction of sp³-hybridized carbons (Fsp3) is 0.500. The van der Waals surface area contributed by atoms with E-state index in [2.05, 4.69) is 16.0 Å². The van der Waals surface area contributed by atoms with E-state index in [1.54, 1.807) is 24.3 Å². The molecule has 136 valence electrons. The number of nitrogens with one attached hydrogen (secondary N) is 3. The summed E-state index contributed by atoms with van der Waals surface area (Å²) in [6.07, 6.45) is 6.55. The highest BCUT2D eigenvalue weighted by atomic mass is 16.2. The molecule has 7 heteroatoms. The molecule has 0 spiro atoms. The summed E-state index contributed by atoms with van der Waals surface area (Å²) in [6.45, 7) is 0.451. The third-order valence-electron chi connectivity index (χ3n) is 4.26. The Morgan fingerprint density at radius 3 is 2.36 bits per heavy atom. The molecule has 1 aliphatic rings. The van der Waals surface area contributed by atoms with E-state index in [1.165, 1.54) is 19.3 Å². The molecule has 0 unspecified atom stereocenters. The summed E-state index contributed by atoms with van der Waals surface area (Å²) in [5, 5.41) is 8.50. The first-order valence-electron chi connectivity index (χ1n) is 8.78. The van der Waals surface area contributed by atoms with Crippen molar-refractivity contribution in [2.75, 3.05) is 11.9 Å². The molecule has 1 saturated carbocycles. The summed E-state index contributed by atoms with van der Waals surface area (Å²) in [4.78, 5) is 34.6. The van der Waals surface area contributed by atoms with Crippen LogP contribution in [-0.2, 0) is 4.79 Å². The Morgan fingerprint density at radius 2 is 1.72 bits per heavy atom. The molecular formula is C18H26N4O3. The maximum absolute atomic E-state index is 11.9. The van der Waals surface area contributed by atoms with Crippen LogP contribution in [0.5, 0.6) is 0 Å². The summed E-state index contributed by atoms with van der Waals surface area (Å²) in [6, 6.07) is 6.51. The van der Waals surface area contributed by atoms with Gasteiger partial charge >= 0.3 is 6.03 Å². The van der Waals surface area contributed by atoms with Crippen molar-refractivity contribution in [2.24, 2.45) is 5.73 Å². The van der Waals surface area contributed by atoms with Crippen LogP contribution in [0, 0.1) is 0 Å². The zero-order valence-electron chi connectivity index (χ0n) is 14.3. The van der Waals surface area contributed by atoms with Crippen LogP contribution in [0.3, 0.4) is 0 Å². The minimum absolute atomic E-state index is 0.138. The highest BCUT2D eigenvalue weighted by molar-refractivity contribution is 5.94. The van der Waals surface area contributed by atoms with Gasteiger partial charge in [-0.05, 0) is 43.5 Å². The number of rotatable bonds is 7. The predicted molar refractivity (Wildman–Crippen MR) is 96.2 cm³/mol. The van der Waals surface area contributed by atoms with Gasteiger partial charge in [0.05, 0.1) is 0 Å². The molecule has 2 rings (SSSR count). The molecule has 7 nitrogen and oxygen atoms in total. The minimum atomic E-state index is -0.504. The van der Waals surface area contributed by atoms with Crippen molar-refractivity contribution in [1.29, 1.82) is 0 Å². The van der Waals surface area contributed by atoms with Gasteiger partial charge in [0.25, 0.3) is 0 Å². The van der Waals surface area contributed by atoms with Gasteiger partial charge in [0.2, 0.25) is 11.8 Å². The van der Waals surface area contributed by atoms with Gasteiger partial charge in [-0.15, -0.1) is 0 Å². The number of amides is 4. The lowest BCUT2D eigenvalue weighted by Crippen LogP contribution is -2.43. The average Bonchev–Trinajstić information content (AvgIpc) is 2.60. The average molecular weight is 346 g/mol. The van der Waals surface area contributed by atoms with E-state index in [0.29, 0.717) is 30.6 Å². The van der Waals surface area contributed by atoms with E-state index in [9.17, 15) is 14.4 Å². The van der Waals surface area contributed by atoms with E-state index in [-0.39, 0.29) is 18.0 Å². The number of primary amides is 1. The molecule has 0 aromatic heterocycles. The standard InChI is InChI=1S/C18H26N4O3/c19-17(24)13-8-10-15(11-9-13)21-16(23)7-4-12-20-18(25)22-14-5-2-1-3-6-14/h8-11,14H,1-7,12H2,(H2,19,24)(H,21,23)(H2,20,22,25). The van der Waals surface area contributed by atoms with Gasteiger partial charge in [0, 0.05) is 30.3 Å². The quantitative estimate of drug-likeness (QED) is 0.567. The van der Waals surface area contributed by atoms with Crippen molar-refractivity contribution in [2.45, 2.75) is 51.0 Å². The fourth-order valence-electron chi connectivity index (χ4n) is 2.88. The highest BCUT2D eigenvalue weighted by Crippen LogP contribution is 2.17. The van der Waals surface area contributed by atoms with Crippen LogP contribution in [0.2, 0.25) is 0 Å². The number of benzene rings is 1. The maximum Gasteiger partial charge on any atom is 0.315 e. The van der Waals surface area contributed by atoms with Crippen LogP contribution in [0.1, 0.15) is 55.3 Å². The van der Waals surface area contributed by atoms with Gasteiger partial charge in [-0.2, -0.15) is 0 Å². The summed E-state index contributed by atoms with van der Waals surface area (Å²) in [5.41, 5.74) is 6.17. The van der Waals surface area contributed by atoms with Crippen LogP contribution in [0.25, 0.3) is 0 Å². The van der Waals surface area contributed by atoms with Gasteiger partial charge in [0.1, 0.15) is 0 Å². The molecule has 25 heavy (non-hydrogen) atoms. The molecule has 1 aromatic carbocycles. The second kappa shape index (κ2) is 9.66. The fourth-order valence-corrected chi connectivity index (χ4v) is 2.88. The Bertz CT molecular complexity index is 595. The second-order valence-corrected chi connectivity index (χ2v) is 6.33. The van der Waals surface area contributed by atoms with Crippen LogP contribution < -0.4 is 21.7 Å². The van der Waals surface area contributed by atoms with E-state index < -0.39 is 5.91 Å². The molecule has 0 aliphatic heterocycles. The normalized spacial score (nSPS) is 14.6. The van der Waals surface area contributed by atoms with E-state index in [1.807, 2.05) is 0 Å². The summed E-state index contributed by atoms with van der Waals surface area (Å²) >= 11 is 0. The summed E-state index contributed by atoms with van der Waals surface area (Å²) in [5.74, 6) is -0.642. The Hall–Kier alpha value is -2.57. The number of carbonyl (C=O) groups is 3. The Labute approximate surface area is 147 Å². The highest BCUT2D eigenvalue weighted by Gasteiger charge is 2.15. The number of anilines is 1. The Morgan fingerprint density at radius 1 is 1.04 bits per heavy atom. The number of carbonyl (C=O) groups excluding carboxylic acids is 3. The molecule has 1 aliphatic carbocycles. The van der Waals surface area contributed by atoms with Crippen LogP contribution >= 0.6 is 0 Å². The number of hydrogen-bond acceptors (Lipinski definition) is 3. The largest absolute Gasteiger partial charge is 0.366 e. The van der Waals surface area contributed by atoms with Crippen molar-refractivity contribution in [3.05, 3.63) is 29.8 Å². The van der Waals surface area contributed by atoms with E-state index in [0.717, 1.165) is 12.8 Å². The number of nitrogens with two attached hydrogens (primary N) is 1. The van der Waals surface area contributed by atoms with Gasteiger partial charge in [-0.3, -0.25) is 9.59 Å². The van der Waals surface area contributed by atoms with Crippen molar-refractivity contribution in [3.63, 3.8) is 0 Å². The molecule has 0 atom stereocenters. The molecule has 1 aromatic rings. The zero-order chi connectivity index (χ0) is 18.1. The lowest BCUT2D eigenvalue weighted by atomic mass is 9.96. The van der Waals surface area contributed by atoms with Gasteiger partial charge in [-0.25, -0.2) is 4.79 Å². The number of urea groups is 1. The number of hydrogen-bond donors (Lipinski definition) is 4. The van der Waals surface area contributed by atoms with Crippen molar-refractivity contribution in [1.82, 2.24) is 10.6 Å². The second-order valence-electron chi connectivity index (χ2n) is 6.33. The van der Waals surface area contributed by atoms with Crippen LogP contribution in [-0.4, -0.2) is 30.4 Å². The molecule has 0 saturated heterocycles. The molecule has 1 fully saturated rings. The first kappa shape index (κ1) is 18.8. The molecule has 0 bridgehead atoms. The van der Waals surface area contributed by atoms with E-state index >= 15 is 0 Å². The van der Waals surface area contributed by atoms with Crippen molar-refractivity contribution < 1.29 is 14.4 Å². The van der Waals surface area contributed by atoms with Crippen molar-refractivity contribution >= 4 is 23.5 Å². The van der Waals surface area contributed by atoms with Crippen LogP contribution in [0.4, 0.5) is 10.5 Å². The van der Waals surface area contributed by atoms with Gasteiger partial charge in [0.15, 0.2) is 0 Å². The minimum Gasteiger partial charge on any atom is -0.366 e. The Kier molecular flexibility index (Phi) is 7.25. The first-order chi connectivity index (χ1) is 12.0. The summed E-state index contributed by atoms with van der Waals surface area (Å²) < 4.78 is 0. The molecule has 0 radical (unpaired) electrons. The van der Waals surface area contributed by atoms with Crippen molar-refractivity contribution in [3.8, 4) is 0 Å². The topological polar surface area (TPSA) is 113 Å². The maximum atomic E-state index is 11.9. The third-order valence-corrected chi connectivity index (χ3v) is 4.26. The molecular weight excluding hydrogens is 320 g/mol. The molecule has 5 N–H and O–H groups in total. The lowest BCUT2D eigenvalue weighted by Gasteiger charge is -2.22.